The summed E-state index contributed by atoms with van der Waals surface area (Å²) >= 11 is 4.60. The molecule has 0 aromatic carbocycles. The fraction of sp³-hybridized carbons (Fsp3) is 0.562. The third kappa shape index (κ3) is 6.07. The topological polar surface area (TPSA) is 66.9 Å². The van der Waals surface area contributed by atoms with Crippen LogP contribution in [0.1, 0.15) is 38.6 Å². The van der Waals surface area contributed by atoms with Gasteiger partial charge >= 0.3 is 0 Å². The highest BCUT2D eigenvalue weighted by Crippen LogP contribution is 2.28. The number of aromatic nitrogens is 2. The molecule has 0 radical (unpaired) electrons. The number of hydrogen-bond donors (Lipinski definition) is 2. The summed E-state index contributed by atoms with van der Waals surface area (Å²) in [5.41, 5.74) is 0. The second-order valence-electron chi connectivity index (χ2n) is 6.24. The summed E-state index contributed by atoms with van der Waals surface area (Å²) in [6.45, 7) is 9.40. The molecule has 1 amide bonds. The molecule has 0 saturated carbocycles. The number of hydrogen-bond acceptors (Lipinski definition) is 7. The SMILES string of the molecule is CC(C)CNc1nnc(SCC(=O)N[C@@H](c2cccs2)C(C)C)s1. The molecule has 24 heavy (non-hydrogen) atoms. The first-order valence-corrected chi connectivity index (χ1v) is 10.7. The van der Waals surface area contributed by atoms with Gasteiger partial charge in [0.25, 0.3) is 0 Å². The van der Waals surface area contributed by atoms with Crippen molar-refractivity contribution in [3.8, 4) is 0 Å². The van der Waals surface area contributed by atoms with E-state index >= 15 is 0 Å². The Morgan fingerprint density at radius 2 is 2.08 bits per heavy atom. The molecule has 2 heterocycles. The Morgan fingerprint density at radius 3 is 2.71 bits per heavy atom. The van der Waals surface area contributed by atoms with Crippen molar-refractivity contribution in [2.24, 2.45) is 11.8 Å². The Balaban J connectivity index is 1.82. The summed E-state index contributed by atoms with van der Waals surface area (Å²) in [6, 6.07) is 4.15. The monoisotopic (exact) mass is 384 g/mol. The predicted octanol–water partition coefficient (Wildman–Crippen LogP) is 4.27. The van der Waals surface area contributed by atoms with E-state index < -0.39 is 0 Å². The molecule has 0 unspecified atom stereocenters. The van der Waals surface area contributed by atoms with E-state index in [9.17, 15) is 4.79 Å². The molecule has 0 bridgehead atoms. The number of anilines is 1. The summed E-state index contributed by atoms with van der Waals surface area (Å²) in [4.78, 5) is 13.5. The van der Waals surface area contributed by atoms with Crippen LogP contribution in [0.2, 0.25) is 0 Å². The maximum absolute atomic E-state index is 12.3. The molecule has 5 nitrogen and oxygen atoms in total. The molecular weight excluding hydrogens is 360 g/mol. The Labute approximate surface area is 155 Å². The number of nitrogens with zero attached hydrogens (tertiary/aromatic N) is 2. The number of rotatable bonds is 9. The van der Waals surface area contributed by atoms with Crippen LogP contribution in [0.4, 0.5) is 5.13 Å². The van der Waals surface area contributed by atoms with Crippen LogP contribution in [0.3, 0.4) is 0 Å². The third-order valence-electron chi connectivity index (χ3n) is 3.23. The molecule has 0 aliphatic rings. The van der Waals surface area contributed by atoms with Gasteiger partial charge in [-0.05, 0) is 23.3 Å². The van der Waals surface area contributed by atoms with Crippen molar-refractivity contribution >= 4 is 45.5 Å². The van der Waals surface area contributed by atoms with Crippen molar-refractivity contribution < 1.29 is 4.79 Å². The smallest absolute Gasteiger partial charge is 0.230 e. The van der Waals surface area contributed by atoms with Crippen LogP contribution in [0.5, 0.6) is 0 Å². The summed E-state index contributed by atoms with van der Waals surface area (Å²) in [5.74, 6) is 1.29. The van der Waals surface area contributed by atoms with Gasteiger partial charge in [0.1, 0.15) is 0 Å². The van der Waals surface area contributed by atoms with E-state index in [0.29, 0.717) is 17.6 Å². The third-order valence-corrected chi connectivity index (χ3v) is 6.20. The molecule has 2 aromatic rings. The Bertz CT molecular complexity index is 625. The van der Waals surface area contributed by atoms with Gasteiger partial charge < -0.3 is 10.6 Å². The molecule has 2 N–H and O–H groups in total. The van der Waals surface area contributed by atoms with Crippen molar-refractivity contribution in [1.29, 1.82) is 0 Å². The summed E-state index contributed by atoms with van der Waals surface area (Å²) in [7, 11) is 0. The highest BCUT2D eigenvalue weighted by atomic mass is 32.2. The molecule has 0 aliphatic heterocycles. The molecule has 0 aliphatic carbocycles. The lowest BCUT2D eigenvalue weighted by molar-refractivity contribution is -0.119. The van der Waals surface area contributed by atoms with Gasteiger partial charge in [-0.25, -0.2) is 0 Å². The second kappa shape index (κ2) is 9.39. The van der Waals surface area contributed by atoms with Crippen molar-refractivity contribution in [3.63, 3.8) is 0 Å². The molecule has 0 saturated heterocycles. The molecule has 2 aromatic heterocycles. The highest BCUT2D eigenvalue weighted by molar-refractivity contribution is 8.01. The predicted molar refractivity (Wildman–Crippen MR) is 104 cm³/mol. The second-order valence-corrected chi connectivity index (χ2v) is 9.42. The van der Waals surface area contributed by atoms with Crippen molar-refractivity contribution in [2.45, 2.75) is 38.1 Å². The first-order valence-electron chi connectivity index (χ1n) is 7.98. The van der Waals surface area contributed by atoms with Crippen LogP contribution in [0, 0.1) is 11.8 Å². The maximum Gasteiger partial charge on any atom is 0.230 e. The Morgan fingerprint density at radius 1 is 1.29 bits per heavy atom. The maximum atomic E-state index is 12.3. The van der Waals surface area contributed by atoms with E-state index in [2.05, 4.69) is 54.6 Å². The van der Waals surface area contributed by atoms with Gasteiger partial charge in [0.15, 0.2) is 4.34 Å². The average molecular weight is 385 g/mol. The zero-order chi connectivity index (χ0) is 17.5. The first-order chi connectivity index (χ1) is 11.5. The fourth-order valence-electron chi connectivity index (χ4n) is 2.01. The van der Waals surface area contributed by atoms with Crippen molar-refractivity contribution in [3.05, 3.63) is 22.4 Å². The van der Waals surface area contributed by atoms with Gasteiger partial charge in [0, 0.05) is 11.4 Å². The molecule has 1 atom stereocenters. The van der Waals surface area contributed by atoms with Crippen LogP contribution in [0.25, 0.3) is 0 Å². The zero-order valence-electron chi connectivity index (χ0n) is 14.4. The quantitative estimate of drug-likeness (QED) is 0.632. The largest absolute Gasteiger partial charge is 0.360 e. The van der Waals surface area contributed by atoms with Gasteiger partial charge in [-0.1, -0.05) is 56.9 Å². The van der Waals surface area contributed by atoms with E-state index in [1.807, 2.05) is 11.4 Å². The van der Waals surface area contributed by atoms with Gasteiger partial charge in [-0.3, -0.25) is 4.79 Å². The zero-order valence-corrected chi connectivity index (χ0v) is 16.9. The first kappa shape index (κ1) is 19.2. The van der Waals surface area contributed by atoms with Gasteiger partial charge in [-0.2, -0.15) is 0 Å². The lowest BCUT2D eigenvalue weighted by Gasteiger charge is -2.21. The van der Waals surface area contributed by atoms with Gasteiger partial charge in [0.2, 0.25) is 11.0 Å². The molecule has 132 valence electrons. The van der Waals surface area contributed by atoms with E-state index in [0.717, 1.165) is 16.0 Å². The number of thiophene rings is 1. The fourth-order valence-corrected chi connectivity index (χ4v) is 4.53. The van der Waals surface area contributed by atoms with Crippen LogP contribution in [-0.4, -0.2) is 28.4 Å². The summed E-state index contributed by atoms with van der Waals surface area (Å²) in [5, 5.41) is 17.5. The summed E-state index contributed by atoms with van der Waals surface area (Å²) in [6.07, 6.45) is 0. The van der Waals surface area contributed by atoms with E-state index in [-0.39, 0.29) is 11.9 Å². The molecular formula is C16H24N4OS3. The normalized spacial score (nSPS) is 12.6. The molecule has 0 fully saturated rings. The van der Waals surface area contributed by atoms with Crippen molar-refractivity contribution in [1.82, 2.24) is 15.5 Å². The van der Waals surface area contributed by atoms with E-state index in [1.54, 1.807) is 11.3 Å². The van der Waals surface area contributed by atoms with Crippen molar-refractivity contribution in [2.75, 3.05) is 17.6 Å². The number of nitrogens with one attached hydrogen (secondary N) is 2. The molecule has 2 rings (SSSR count). The minimum absolute atomic E-state index is 0.0268. The Kier molecular flexibility index (Phi) is 7.51. The number of carbonyl (C=O) groups excluding carboxylic acids is 1. The number of carbonyl (C=O) groups is 1. The standard InChI is InChI=1S/C16H24N4OS3/c1-10(2)8-17-15-19-20-16(24-15)23-9-13(21)18-14(11(3)4)12-6-5-7-22-12/h5-7,10-11,14H,8-9H2,1-4H3,(H,17,19)(H,18,21)/t14-/m1/s1. The minimum atomic E-state index is 0.0268. The number of thioether (sulfide) groups is 1. The van der Waals surface area contributed by atoms with Gasteiger partial charge in [0.05, 0.1) is 11.8 Å². The van der Waals surface area contributed by atoms with Crippen LogP contribution in [-0.2, 0) is 4.79 Å². The highest BCUT2D eigenvalue weighted by Gasteiger charge is 2.19. The summed E-state index contributed by atoms with van der Waals surface area (Å²) < 4.78 is 0.814. The average Bonchev–Trinajstić information content (AvgIpc) is 3.19. The van der Waals surface area contributed by atoms with Crippen LogP contribution < -0.4 is 10.6 Å². The minimum Gasteiger partial charge on any atom is -0.360 e. The van der Waals surface area contributed by atoms with E-state index in [4.69, 9.17) is 0 Å². The van der Waals surface area contributed by atoms with E-state index in [1.165, 1.54) is 28.0 Å². The Hall–Kier alpha value is -1.12. The molecule has 8 heteroatoms. The molecule has 0 spiro atoms. The lowest BCUT2D eigenvalue weighted by Crippen LogP contribution is -2.32. The van der Waals surface area contributed by atoms with Crippen LogP contribution >= 0.6 is 34.4 Å². The van der Waals surface area contributed by atoms with Gasteiger partial charge in [-0.15, -0.1) is 21.5 Å². The lowest BCUT2D eigenvalue weighted by atomic mass is 10.0. The number of amides is 1. The van der Waals surface area contributed by atoms with Crippen LogP contribution in [0.15, 0.2) is 21.9 Å².